The van der Waals surface area contributed by atoms with E-state index in [0.29, 0.717) is 23.2 Å². The number of benzene rings is 2. The minimum atomic E-state index is -0.975. The maximum Gasteiger partial charge on any atom is 0.408 e. The summed E-state index contributed by atoms with van der Waals surface area (Å²) in [4.78, 5) is 42.5. The molecule has 0 saturated heterocycles. The van der Waals surface area contributed by atoms with Gasteiger partial charge in [-0.2, -0.15) is 0 Å². The van der Waals surface area contributed by atoms with E-state index in [1.165, 1.54) is 0 Å². The maximum absolute atomic E-state index is 14.2. The number of para-hydroxylation sites is 1. The maximum atomic E-state index is 14.2. The Kier molecular flexibility index (Phi) is 9.22. The van der Waals surface area contributed by atoms with Gasteiger partial charge in [-0.05, 0) is 76.1 Å². The Labute approximate surface area is 226 Å². The molecular weight excluding hydrogens is 478 g/mol. The summed E-state index contributed by atoms with van der Waals surface area (Å²) in [6.45, 7) is 11.2. The zero-order chi connectivity index (χ0) is 28.0. The quantitative estimate of drug-likeness (QED) is 0.425. The van der Waals surface area contributed by atoms with Crippen LogP contribution in [0.15, 0.2) is 48.5 Å². The number of rotatable bonds is 9. The van der Waals surface area contributed by atoms with Crippen molar-refractivity contribution in [1.82, 2.24) is 10.2 Å². The van der Waals surface area contributed by atoms with Crippen LogP contribution in [0.4, 0.5) is 10.5 Å². The van der Waals surface area contributed by atoms with Crippen molar-refractivity contribution in [2.24, 2.45) is 5.92 Å². The fraction of sp³-hybridized carbons (Fsp3) is 0.452. The molecule has 2 unspecified atom stereocenters. The Balaban J connectivity index is 2.04. The monoisotopic (exact) mass is 517 g/mol. The molecule has 7 heteroatoms. The van der Waals surface area contributed by atoms with Gasteiger partial charge in [0.1, 0.15) is 17.7 Å². The minimum absolute atomic E-state index is 0.108. The highest BCUT2D eigenvalue weighted by atomic mass is 16.6. The molecule has 7 nitrogen and oxygen atoms in total. The van der Waals surface area contributed by atoms with Gasteiger partial charge in [-0.3, -0.25) is 9.59 Å². The van der Waals surface area contributed by atoms with E-state index < -0.39 is 23.8 Å². The van der Waals surface area contributed by atoms with Gasteiger partial charge >= 0.3 is 6.09 Å². The topological polar surface area (TPSA) is 87.7 Å². The number of carbonyl (C=O) groups excluding carboxylic acids is 3. The first-order valence-corrected chi connectivity index (χ1v) is 13.1. The van der Waals surface area contributed by atoms with E-state index in [2.05, 4.69) is 16.6 Å². The van der Waals surface area contributed by atoms with Crippen molar-refractivity contribution in [3.8, 4) is 12.3 Å². The van der Waals surface area contributed by atoms with Crippen LogP contribution in [0.5, 0.6) is 0 Å². The average Bonchev–Trinajstić information content (AvgIpc) is 3.66. The van der Waals surface area contributed by atoms with Gasteiger partial charge in [0.05, 0.1) is 0 Å². The lowest BCUT2D eigenvalue weighted by atomic mass is 9.95. The highest BCUT2D eigenvalue weighted by Gasteiger charge is 2.44. The van der Waals surface area contributed by atoms with E-state index in [1.807, 2.05) is 57.2 Å². The molecule has 1 aliphatic rings. The van der Waals surface area contributed by atoms with Crippen LogP contribution in [0.25, 0.3) is 0 Å². The van der Waals surface area contributed by atoms with E-state index >= 15 is 0 Å². The molecule has 3 amide bonds. The van der Waals surface area contributed by atoms with Crippen molar-refractivity contribution in [3.63, 3.8) is 0 Å². The molecule has 0 aromatic heterocycles. The van der Waals surface area contributed by atoms with Gasteiger partial charge in [0.15, 0.2) is 0 Å². The van der Waals surface area contributed by atoms with Gasteiger partial charge in [-0.1, -0.05) is 56.2 Å². The molecule has 1 fully saturated rings. The number of nitrogens with one attached hydrogen (secondary N) is 2. The number of terminal acetylenes is 1. The Bertz CT molecular complexity index is 1200. The van der Waals surface area contributed by atoms with Crippen molar-refractivity contribution in [2.75, 3.05) is 5.32 Å². The number of carbonyl (C=O) groups is 3. The van der Waals surface area contributed by atoms with Gasteiger partial charge in [0, 0.05) is 17.3 Å². The molecule has 0 radical (unpaired) electrons. The van der Waals surface area contributed by atoms with Gasteiger partial charge in [0.25, 0.3) is 5.91 Å². The van der Waals surface area contributed by atoms with Crippen molar-refractivity contribution in [2.45, 2.75) is 84.5 Å². The lowest BCUT2D eigenvalue weighted by Crippen LogP contribution is -2.53. The summed E-state index contributed by atoms with van der Waals surface area (Å²) in [5.41, 5.74) is 1.96. The summed E-state index contributed by atoms with van der Waals surface area (Å²) in [7, 11) is 0. The largest absolute Gasteiger partial charge is 0.444 e. The predicted molar refractivity (Wildman–Crippen MR) is 149 cm³/mol. The van der Waals surface area contributed by atoms with E-state index in [4.69, 9.17) is 11.2 Å². The molecule has 2 aromatic rings. The zero-order valence-electron chi connectivity index (χ0n) is 23.2. The molecule has 2 atom stereocenters. The Hall–Kier alpha value is -3.79. The van der Waals surface area contributed by atoms with Crippen LogP contribution in [-0.2, 0) is 14.3 Å². The second-order valence-corrected chi connectivity index (χ2v) is 11.2. The SMILES string of the molecule is C#Cc1ccccc1C(C(=O)Nc1ccccc1C)N(C(=O)C(CC(C)C)NC(=O)OC(C)(C)C)C1CC1. The first kappa shape index (κ1) is 28.8. The first-order chi connectivity index (χ1) is 17.9. The number of hydrogen-bond donors (Lipinski definition) is 2. The molecule has 2 N–H and O–H groups in total. The number of aryl methyl sites for hydroxylation is 1. The highest BCUT2D eigenvalue weighted by Crippen LogP contribution is 2.37. The summed E-state index contributed by atoms with van der Waals surface area (Å²) in [5.74, 6) is 2.09. The highest BCUT2D eigenvalue weighted by molar-refractivity contribution is 6.00. The lowest BCUT2D eigenvalue weighted by Gasteiger charge is -2.35. The Morgan fingerprint density at radius 1 is 1.08 bits per heavy atom. The molecule has 2 aromatic carbocycles. The molecule has 0 heterocycles. The predicted octanol–water partition coefficient (Wildman–Crippen LogP) is 5.59. The number of ether oxygens (including phenoxy) is 1. The lowest BCUT2D eigenvalue weighted by molar-refractivity contribution is -0.141. The summed E-state index contributed by atoms with van der Waals surface area (Å²) in [6, 6.07) is 12.7. The minimum Gasteiger partial charge on any atom is -0.444 e. The van der Waals surface area contributed by atoms with Crippen molar-refractivity contribution in [1.29, 1.82) is 0 Å². The Morgan fingerprint density at radius 3 is 2.29 bits per heavy atom. The summed E-state index contributed by atoms with van der Waals surface area (Å²) < 4.78 is 5.45. The fourth-order valence-corrected chi connectivity index (χ4v) is 4.39. The fourth-order valence-electron chi connectivity index (χ4n) is 4.39. The second kappa shape index (κ2) is 12.2. The van der Waals surface area contributed by atoms with Crippen molar-refractivity contribution < 1.29 is 19.1 Å². The van der Waals surface area contributed by atoms with Crippen molar-refractivity contribution in [3.05, 3.63) is 65.2 Å². The van der Waals surface area contributed by atoms with Crippen LogP contribution >= 0.6 is 0 Å². The number of nitrogens with zero attached hydrogens (tertiary/aromatic N) is 1. The van der Waals surface area contributed by atoms with Gasteiger partial charge in [0.2, 0.25) is 5.91 Å². The third kappa shape index (κ3) is 7.61. The summed E-state index contributed by atoms with van der Waals surface area (Å²) in [6.07, 6.45) is 7.07. The molecule has 0 bridgehead atoms. The summed E-state index contributed by atoms with van der Waals surface area (Å²) in [5, 5.41) is 5.79. The van der Waals surface area contributed by atoms with Crippen LogP contribution in [0.1, 0.15) is 76.6 Å². The van der Waals surface area contributed by atoms with Gasteiger partial charge in [-0.15, -0.1) is 6.42 Å². The third-order valence-electron chi connectivity index (χ3n) is 6.23. The molecule has 1 saturated carbocycles. The van der Waals surface area contributed by atoms with Gasteiger partial charge < -0.3 is 20.3 Å². The van der Waals surface area contributed by atoms with Crippen LogP contribution in [0.2, 0.25) is 0 Å². The van der Waals surface area contributed by atoms with Crippen LogP contribution in [0.3, 0.4) is 0 Å². The van der Waals surface area contributed by atoms with Gasteiger partial charge in [-0.25, -0.2) is 4.79 Å². The van der Waals surface area contributed by atoms with E-state index in [-0.39, 0.29) is 23.8 Å². The van der Waals surface area contributed by atoms with Crippen LogP contribution in [-0.4, -0.2) is 40.5 Å². The molecule has 0 spiro atoms. The van der Waals surface area contributed by atoms with E-state index in [9.17, 15) is 14.4 Å². The van der Waals surface area contributed by atoms with E-state index in [1.54, 1.807) is 37.8 Å². The standard InChI is InChI=1S/C31H39N3O4/c1-8-22-14-10-11-15-24(22)27(28(35)32-25-16-12-9-13-21(25)4)34(23-17-18-23)29(36)26(19-20(2)3)33-30(37)38-31(5,6)7/h1,9-16,20,23,26-27H,17-19H2,2-7H3,(H,32,35)(H,33,37). The number of amides is 3. The smallest absolute Gasteiger partial charge is 0.408 e. The van der Waals surface area contributed by atoms with Crippen LogP contribution in [0, 0.1) is 25.2 Å². The molecule has 38 heavy (non-hydrogen) atoms. The number of hydrogen-bond acceptors (Lipinski definition) is 4. The van der Waals surface area contributed by atoms with E-state index in [0.717, 1.165) is 18.4 Å². The Morgan fingerprint density at radius 2 is 1.71 bits per heavy atom. The molecule has 0 aliphatic heterocycles. The zero-order valence-corrected chi connectivity index (χ0v) is 23.2. The first-order valence-electron chi connectivity index (χ1n) is 13.1. The normalized spacial score (nSPS) is 14.7. The molecular formula is C31H39N3O4. The second-order valence-electron chi connectivity index (χ2n) is 11.2. The number of alkyl carbamates (subject to hydrolysis) is 1. The molecule has 1 aliphatic carbocycles. The third-order valence-corrected chi connectivity index (χ3v) is 6.23. The average molecular weight is 518 g/mol. The number of anilines is 1. The van der Waals surface area contributed by atoms with Crippen molar-refractivity contribution >= 4 is 23.6 Å². The summed E-state index contributed by atoms with van der Waals surface area (Å²) >= 11 is 0. The molecule has 202 valence electrons. The van der Waals surface area contributed by atoms with Crippen LogP contribution < -0.4 is 10.6 Å². The molecule has 3 rings (SSSR count).